The van der Waals surface area contributed by atoms with Crippen LogP contribution < -0.4 is 5.32 Å². The first-order valence-corrected chi connectivity index (χ1v) is 9.09. The van der Waals surface area contributed by atoms with Crippen molar-refractivity contribution in [1.82, 2.24) is 5.32 Å². The summed E-state index contributed by atoms with van der Waals surface area (Å²) < 4.78 is 6.54. The Labute approximate surface area is 126 Å². The van der Waals surface area contributed by atoms with E-state index in [1.807, 2.05) is 0 Å². The molecule has 20 heavy (non-hydrogen) atoms. The lowest BCUT2D eigenvalue weighted by Gasteiger charge is -2.41. The van der Waals surface area contributed by atoms with Gasteiger partial charge in [0.15, 0.2) is 0 Å². The third kappa shape index (κ3) is 5.04. The Balaban J connectivity index is 1.81. The molecule has 118 valence electrons. The van der Waals surface area contributed by atoms with Gasteiger partial charge in [-0.3, -0.25) is 0 Å². The van der Waals surface area contributed by atoms with E-state index in [0.717, 1.165) is 31.5 Å². The Kier molecular flexibility index (Phi) is 6.83. The first kappa shape index (κ1) is 16.3. The van der Waals surface area contributed by atoms with E-state index < -0.39 is 0 Å². The van der Waals surface area contributed by atoms with Crippen molar-refractivity contribution in [3.63, 3.8) is 0 Å². The average molecular weight is 281 g/mol. The van der Waals surface area contributed by atoms with Crippen LogP contribution >= 0.6 is 0 Å². The summed E-state index contributed by atoms with van der Waals surface area (Å²) in [6, 6.07) is 0. The van der Waals surface area contributed by atoms with Crippen LogP contribution in [0.4, 0.5) is 0 Å². The van der Waals surface area contributed by atoms with Gasteiger partial charge in [-0.05, 0) is 63.3 Å². The number of hydrogen-bond donors (Lipinski definition) is 1. The van der Waals surface area contributed by atoms with Gasteiger partial charge >= 0.3 is 0 Å². The third-order valence-electron chi connectivity index (χ3n) is 5.41. The molecule has 2 nitrogen and oxygen atoms in total. The molecule has 0 radical (unpaired) electrons. The fourth-order valence-corrected chi connectivity index (χ4v) is 3.80. The number of ether oxygens (including phenoxy) is 1. The lowest BCUT2D eigenvalue weighted by Crippen LogP contribution is -2.46. The molecule has 2 heteroatoms. The molecule has 0 aromatic carbocycles. The van der Waals surface area contributed by atoms with Crippen LogP contribution in [0.15, 0.2) is 0 Å². The Bertz CT molecular complexity index is 252. The minimum absolute atomic E-state index is 0.152. The van der Waals surface area contributed by atoms with Gasteiger partial charge in [-0.25, -0.2) is 0 Å². The fraction of sp³-hybridized carbons (Fsp3) is 1.00. The Morgan fingerprint density at radius 3 is 2.40 bits per heavy atom. The van der Waals surface area contributed by atoms with Crippen LogP contribution in [0.5, 0.6) is 0 Å². The van der Waals surface area contributed by atoms with E-state index in [1.54, 1.807) is 0 Å². The van der Waals surface area contributed by atoms with Gasteiger partial charge in [-0.15, -0.1) is 0 Å². The van der Waals surface area contributed by atoms with Crippen molar-refractivity contribution in [2.24, 2.45) is 11.8 Å². The van der Waals surface area contributed by atoms with Gasteiger partial charge in [0.25, 0.3) is 0 Å². The second kappa shape index (κ2) is 8.38. The SMILES string of the molecule is CCCNCC1(OCC2CCCCC2)CCC(C)CC1. The predicted molar refractivity (Wildman–Crippen MR) is 86.1 cm³/mol. The zero-order chi connectivity index (χ0) is 14.3. The van der Waals surface area contributed by atoms with Crippen molar-refractivity contribution in [3.05, 3.63) is 0 Å². The summed E-state index contributed by atoms with van der Waals surface area (Å²) in [5.74, 6) is 1.73. The second-order valence-corrected chi connectivity index (χ2v) is 7.36. The van der Waals surface area contributed by atoms with Crippen LogP contribution in [0.3, 0.4) is 0 Å². The summed E-state index contributed by atoms with van der Waals surface area (Å²) in [7, 11) is 0. The van der Waals surface area contributed by atoms with E-state index in [4.69, 9.17) is 4.74 Å². The summed E-state index contributed by atoms with van der Waals surface area (Å²) >= 11 is 0. The third-order valence-corrected chi connectivity index (χ3v) is 5.41. The van der Waals surface area contributed by atoms with E-state index >= 15 is 0 Å². The molecule has 0 heterocycles. The first-order valence-electron chi connectivity index (χ1n) is 9.09. The maximum absolute atomic E-state index is 6.54. The fourth-order valence-electron chi connectivity index (χ4n) is 3.80. The van der Waals surface area contributed by atoms with Gasteiger partial charge in [0.2, 0.25) is 0 Å². The molecule has 0 aliphatic heterocycles. The van der Waals surface area contributed by atoms with Gasteiger partial charge in [-0.1, -0.05) is 33.1 Å². The number of rotatable bonds is 7. The highest BCUT2D eigenvalue weighted by molar-refractivity contribution is 4.89. The molecule has 2 saturated carbocycles. The molecule has 0 atom stereocenters. The highest BCUT2D eigenvalue weighted by Gasteiger charge is 2.35. The van der Waals surface area contributed by atoms with Crippen LogP contribution in [-0.4, -0.2) is 25.3 Å². The molecule has 2 fully saturated rings. The van der Waals surface area contributed by atoms with E-state index in [-0.39, 0.29) is 5.60 Å². The maximum atomic E-state index is 6.54. The quantitative estimate of drug-likeness (QED) is 0.692. The number of nitrogens with one attached hydrogen (secondary N) is 1. The summed E-state index contributed by atoms with van der Waals surface area (Å²) in [4.78, 5) is 0. The molecule has 0 aromatic heterocycles. The first-order chi connectivity index (χ1) is 9.74. The standard InChI is InChI=1S/C18H35NO/c1-3-13-19-15-18(11-9-16(2)10-12-18)20-14-17-7-5-4-6-8-17/h16-17,19H,3-15H2,1-2H3. The topological polar surface area (TPSA) is 21.3 Å². The smallest absolute Gasteiger partial charge is 0.0806 e. The van der Waals surface area contributed by atoms with Crippen molar-refractivity contribution >= 4 is 0 Å². The molecule has 0 bridgehead atoms. The van der Waals surface area contributed by atoms with Crippen LogP contribution in [0.1, 0.15) is 78.1 Å². The molecule has 0 spiro atoms. The molecule has 2 aliphatic carbocycles. The largest absolute Gasteiger partial charge is 0.373 e. The molecular weight excluding hydrogens is 246 g/mol. The lowest BCUT2D eigenvalue weighted by molar-refractivity contribution is -0.0907. The van der Waals surface area contributed by atoms with E-state index in [0.29, 0.717) is 0 Å². The average Bonchev–Trinajstić information content (AvgIpc) is 2.49. The summed E-state index contributed by atoms with van der Waals surface area (Å²) in [6.45, 7) is 7.85. The van der Waals surface area contributed by atoms with Gasteiger partial charge in [-0.2, -0.15) is 0 Å². The minimum atomic E-state index is 0.152. The summed E-state index contributed by atoms with van der Waals surface area (Å²) in [5.41, 5.74) is 0.152. The highest BCUT2D eigenvalue weighted by atomic mass is 16.5. The Hall–Kier alpha value is -0.0800. The van der Waals surface area contributed by atoms with Crippen molar-refractivity contribution < 1.29 is 4.74 Å². The van der Waals surface area contributed by atoms with Crippen molar-refractivity contribution in [2.45, 2.75) is 83.7 Å². The van der Waals surface area contributed by atoms with E-state index in [2.05, 4.69) is 19.2 Å². The van der Waals surface area contributed by atoms with Gasteiger partial charge in [0.1, 0.15) is 0 Å². The van der Waals surface area contributed by atoms with Gasteiger partial charge in [0, 0.05) is 6.54 Å². The van der Waals surface area contributed by atoms with Gasteiger partial charge < -0.3 is 10.1 Å². The second-order valence-electron chi connectivity index (χ2n) is 7.36. The molecule has 0 aromatic rings. The monoisotopic (exact) mass is 281 g/mol. The zero-order valence-electron chi connectivity index (χ0n) is 13.8. The molecule has 0 unspecified atom stereocenters. The van der Waals surface area contributed by atoms with Gasteiger partial charge in [0.05, 0.1) is 12.2 Å². The molecule has 0 amide bonds. The van der Waals surface area contributed by atoms with Crippen molar-refractivity contribution in [1.29, 1.82) is 0 Å². The molecule has 2 rings (SSSR count). The van der Waals surface area contributed by atoms with Crippen LogP contribution in [-0.2, 0) is 4.74 Å². The number of hydrogen-bond acceptors (Lipinski definition) is 2. The predicted octanol–water partition coefficient (Wildman–Crippen LogP) is 4.53. The summed E-state index contributed by atoms with van der Waals surface area (Å²) in [5, 5.41) is 3.62. The minimum Gasteiger partial charge on any atom is -0.373 e. The zero-order valence-corrected chi connectivity index (χ0v) is 13.8. The molecule has 0 saturated heterocycles. The van der Waals surface area contributed by atoms with E-state index in [9.17, 15) is 0 Å². The van der Waals surface area contributed by atoms with Crippen LogP contribution in [0.25, 0.3) is 0 Å². The highest BCUT2D eigenvalue weighted by Crippen LogP contribution is 2.36. The van der Waals surface area contributed by atoms with Crippen molar-refractivity contribution in [3.8, 4) is 0 Å². The van der Waals surface area contributed by atoms with Crippen molar-refractivity contribution in [2.75, 3.05) is 19.7 Å². The Morgan fingerprint density at radius 1 is 1.05 bits per heavy atom. The molecule has 1 N–H and O–H groups in total. The van der Waals surface area contributed by atoms with E-state index in [1.165, 1.54) is 64.2 Å². The Morgan fingerprint density at radius 2 is 1.75 bits per heavy atom. The van der Waals surface area contributed by atoms with Crippen LogP contribution in [0.2, 0.25) is 0 Å². The molecule has 2 aliphatic rings. The lowest BCUT2D eigenvalue weighted by atomic mass is 9.79. The van der Waals surface area contributed by atoms with Crippen LogP contribution in [0, 0.1) is 11.8 Å². The molecular formula is C18H35NO. The summed E-state index contributed by atoms with van der Waals surface area (Å²) in [6.07, 6.45) is 13.5. The normalized spacial score (nSPS) is 32.4. The maximum Gasteiger partial charge on any atom is 0.0806 e.